The van der Waals surface area contributed by atoms with Gasteiger partial charge in [0.05, 0.1) is 6.61 Å². The average molecular weight is 452 g/mol. The number of hydrogen-bond donors (Lipinski definition) is 1. The van der Waals surface area contributed by atoms with Crippen molar-refractivity contribution in [3.63, 3.8) is 0 Å². The van der Waals surface area contributed by atoms with Gasteiger partial charge in [0.2, 0.25) is 10.3 Å². The molecule has 1 saturated heterocycles. The molecule has 0 radical (unpaired) electrons. The summed E-state index contributed by atoms with van der Waals surface area (Å²) in [6.07, 6.45) is -3.22. The van der Waals surface area contributed by atoms with Crippen LogP contribution in [0.15, 0.2) is 0 Å². The molecule has 1 N–H and O–H groups in total. The SMILES string of the molecule is CCOC(=S)S[C@H]1O[C@@H](COC(C)=O)[C@H](OC(C)=O)[C@@H](OC(C)=O)[C@H]1NC(C)=O. The lowest BCUT2D eigenvalue weighted by Gasteiger charge is -2.44. The molecule has 1 aliphatic heterocycles. The van der Waals surface area contributed by atoms with Gasteiger partial charge in [-0.3, -0.25) is 19.2 Å². The first-order valence-electron chi connectivity index (χ1n) is 8.78. The highest BCUT2D eigenvalue weighted by Crippen LogP contribution is 2.33. The van der Waals surface area contributed by atoms with Gasteiger partial charge < -0.3 is 29.0 Å². The molecule has 10 nitrogen and oxygen atoms in total. The van der Waals surface area contributed by atoms with Crippen LogP contribution in [-0.4, -0.2) is 71.2 Å². The van der Waals surface area contributed by atoms with Crippen LogP contribution in [0, 0.1) is 0 Å². The van der Waals surface area contributed by atoms with Crippen molar-refractivity contribution in [3.8, 4) is 0 Å². The van der Waals surface area contributed by atoms with Gasteiger partial charge >= 0.3 is 17.9 Å². The number of nitrogens with one attached hydrogen (secondary N) is 1. The summed E-state index contributed by atoms with van der Waals surface area (Å²) >= 11 is 6.13. The zero-order valence-electron chi connectivity index (χ0n) is 16.8. The average Bonchev–Trinajstić information content (AvgIpc) is 2.57. The summed E-state index contributed by atoms with van der Waals surface area (Å²) in [4.78, 5) is 46.4. The maximum Gasteiger partial charge on any atom is 0.303 e. The molecule has 0 bridgehead atoms. The summed E-state index contributed by atoms with van der Waals surface area (Å²) in [6.45, 7) is 6.65. The van der Waals surface area contributed by atoms with E-state index in [1.807, 2.05) is 0 Å². The van der Waals surface area contributed by atoms with Crippen molar-refractivity contribution in [2.24, 2.45) is 0 Å². The molecular weight excluding hydrogens is 426 g/mol. The van der Waals surface area contributed by atoms with Crippen LogP contribution in [0.5, 0.6) is 0 Å². The summed E-state index contributed by atoms with van der Waals surface area (Å²) < 4.78 is 27.0. The molecule has 12 heteroatoms. The fourth-order valence-corrected chi connectivity index (χ4v) is 3.98. The fourth-order valence-electron chi connectivity index (χ4n) is 2.64. The summed E-state index contributed by atoms with van der Waals surface area (Å²) in [7, 11) is 0. The van der Waals surface area contributed by atoms with Crippen molar-refractivity contribution in [2.75, 3.05) is 13.2 Å². The van der Waals surface area contributed by atoms with Crippen molar-refractivity contribution in [1.29, 1.82) is 0 Å². The standard InChI is InChI=1S/C17H25NO9S2/c1-6-23-17(28)29-16-13(18-8(2)19)15(26-11(5)22)14(25-10(4)21)12(27-16)7-24-9(3)20/h12-16H,6-7H2,1-5H3,(H,18,19)/t12-,13+,14-,15-,16+/m0/s1. The van der Waals surface area contributed by atoms with E-state index in [4.69, 9.17) is 35.9 Å². The summed E-state index contributed by atoms with van der Waals surface area (Å²) in [5, 5.41) is 2.65. The van der Waals surface area contributed by atoms with Crippen molar-refractivity contribution < 1.29 is 42.9 Å². The van der Waals surface area contributed by atoms with Crippen LogP contribution in [0.3, 0.4) is 0 Å². The number of hydrogen-bond acceptors (Lipinski definition) is 11. The lowest BCUT2D eigenvalue weighted by atomic mass is 9.97. The number of rotatable bonds is 7. The molecule has 164 valence electrons. The highest BCUT2D eigenvalue weighted by Gasteiger charge is 2.51. The van der Waals surface area contributed by atoms with E-state index in [-0.39, 0.29) is 11.0 Å². The predicted molar refractivity (Wildman–Crippen MR) is 106 cm³/mol. The molecule has 1 amide bonds. The fraction of sp³-hybridized carbons (Fsp3) is 0.706. The van der Waals surface area contributed by atoms with E-state index in [9.17, 15) is 19.2 Å². The van der Waals surface area contributed by atoms with Gasteiger partial charge in [-0.25, -0.2) is 0 Å². The number of thioether (sulfide) groups is 1. The number of ether oxygens (including phenoxy) is 5. The third-order valence-corrected chi connectivity index (χ3v) is 4.90. The van der Waals surface area contributed by atoms with Crippen molar-refractivity contribution in [3.05, 3.63) is 0 Å². The monoisotopic (exact) mass is 451 g/mol. The molecular formula is C17H25NO9S2. The third-order valence-electron chi connectivity index (χ3n) is 3.55. The lowest BCUT2D eigenvalue weighted by Crippen LogP contribution is -2.65. The number of carbonyl (C=O) groups is 4. The zero-order valence-corrected chi connectivity index (χ0v) is 18.4. The minimum Gasteiger partial charge on any atom is -0.479 e. The second kappa shape index (κ2) is 11.9. The molecule has 29 heavy (non-hydrogen) atoms. The van der Waals surface area contributed by atoms with Gasteiger partial charge in [-0.1, -0.05) is 0 Å². The molecule has 0 saturated carbocycles. The Morgan fingerprint density at radius 2 is 1.55 bits per heavy atom. The predicted octanol–water partition coefficient (Wildman–Crippen LogP) is 0.697. The number of amides is 1. The van der Waals surface area contributed by atoms with E-state index in [1.165, 1.54) is 27.7 Å². The first-order valence-corrected chi connectivity index (χ1v) is 10.1. The summed E-state index contributed by atoms with van der Waals surface area (Å²) in [5.74, 6) is -2.33. The molecule has 0 spiro atoms. The second-order valence-corrected chi connectivity index (χ2v) is 7.72. The van der Waals surface area contributed by atoms with Gasteiger partial charge in [-0.2, -0.15) is 0 Å². The van der Waals surface area contributed by atoms with E-state index in [1.54, 1.807) is 6.92 Å². The molecule has 0 unspecified atom stereocenters. The van der Waals surface area contributed by atoms with Crippen molar-refractivity contribution >= 4 is 52.2 Å². The van der Waals surface area contributed by atoms with E-state index >= 15 is 0 Å². The Kier molecular flexibility index (Phi) is 10.3. The van der Waals surface area contributed by atoms with Gasteiger partial charge in [-0.05, 0) is 30.9 Å². The maximum absolute atomic E-state index is 11.8. The van der Waals surface area contributed by atoms with Crippen molar-refractivity contribution in [2.45, 2.75) is 64.4 Å². The molecule has 0 aromatic carbocycles. The first-order chi connectivity index (χ1) is 13.5. The zero-order chi connectivity index (χ0) is 22.1. The van der Waals surface area contributed by atoms with E-state index in [0.717, 1.165) is 11.8 Å². The Labute approximate surface area is 178 Å². The molecule has 0 aliphatic carbocycles. The molecule has 1 fully saturated rings. The van der Waals surface area contributed by atoms with Gasteiger partial charge in [0, 0.05) is 27.7 Å². The summed E-state index contributed by atoms with van der Waals surface area (Å²) in [6, 6.07) is -0.919. The highest BCUT2D eigenvalue weighted by molar-refractivity contribution is 8.22. The lowest BCUT2D eigenvalue weighted by molar-refractivity contribution is -0.211. The number of thiocarbonyl (C=S) groups is 1. The largest absolute Gasteiger partial charge is 0.479 e. The van der Waals surface area contributed by atoms with Gasteiger partial charge in [0.15, 0.2) is 12.2 Å². The van der Waals surface area contributed by atoms with Gasteiger partial charge in [0.25, 0.3) is 0 Å². The molecule has 0 aromatic heterocycles. The van der Waals surface area contributed by atoms with Crippen LogP contribution in [0.4, 0.5) is 0 Å². The molecule has 1 rings (SSSR count). The smallest absolute Gasteiger partial charge is 0.303 e. The van der Waals surface area contributed by atoms with Crippen LogP contribution in [0.2, 0.25) is 0 Å². The Balaban J connectivity index is 3.29. The van der Waals surface area contributed by atoms with Crippen LogP contribution < -0.4 is 5.32 Å². The van der Waals surface area contributed by atoms with Crippen LogP contribution in [0.1, 0.15) is 34.6 Å². The third kappa shape index (κ3) is 8.54. The highest BCUT2D eigenvalue weighted by atomic mass is 32.2. The molecule has 0 aromatic rings. The molecule has 1 aliphatic rings. The van der Waals surface area contributed by atoms with Crippen LogP contribution in [0.25, 0.3) is 0 Å². The quantitative estimate of drug-likeness (QED) is 0.334. The van der Waals surface area contributed by atoms with Crippen LogP contribution >= 0.6 is 24.0 Å². The first kappa shape index (κ1) is 25.1. The Hall–Kier alpha value is -1.92. The van der Waals surface area contributed by atoms with Gasteiger partial charge in [0.1, 0.15) is 24.2 Å². The Morgan fingerprint density at radius 1 is 0.966 bits per heavy atom. The molecule has 5 atom stereocenters. The van der Waals surface area contributed by atoms with E-state index in [2.05, 4.69) is 5.32 Å². The van der Waals surface area contributed by atoms with E-state index < -0.39 is 53.6 Å². The minimum atomic E-state index is -1.13. The summed E-state index contributed by atoms with van der Waals surface area (Å²) in [5.41, 5.74) is -0.866. The van der Waals surface area contributed by atoms with Gasteiger partial charge in [-0.15, -0.1) is 0 Å². The number of esters is 3. The Bertz CT molecular complexity index is 642. The van der Waals surface area contributed by atoms with Crippen LogP contribution in [-0.2, 0) is 42.9 Å². The second-order valence-electron chi connectivity index (χ2n) is 6.02. The van der Waals surface area contributed by atoms with Crippen molar-refractivity contribution in [1.82, 2.24) is 5.32 Å². The minimum absolute atomic E-state index is 0.145. The topological polar surface area (TPSA) is 126 Å². The molecule has 1 heterocycles. The van der Waals surface area contributed by atoms with E-state index in [0.29, 0.717) is 6.61 Å². The Morgan fingerprint density at radius 3 is 2.03 bits per heavy atom. The normalized spacial score (nSPS) is 26.0. The maximum atomic E-state index is 11.8. The number of carbonyl (C=O) groups excluding carboxylic acids is 4.